The van der Waals surface area contributed by atoms with Gasteiger partial charge in [-0.2, -0.15) is 0 Å². The molecule has 1 aromatic rings. The number of likely N-dealkylation sites (N-methyl/N-ethyl adjacent to an activating group) is 1. The van der Waals surface area contributed by atoms with Crippen molar-refractivity contribution in [3.8, 4) is 0 Å². The fourth-order valence-electron chi connectivity index (χ4n) is 1.55. The van der Waals surface area contributed by atoms with Gasteiger partial charge in [0, 0.05) is 31.3 Å². The van der Waals surface area contributed by atoms with E-state index >= 15 is 0 Å². The third kappa shape index (κ3) is 4.34. The predicted octanol–water partition coefficient (Wildman–Crippen LogP) is 1.19. The molecule has 20 heavy (non-hydrogen) atoms. The van der Waals surface area contributed by atoms with Crippen LogP contribution in [0, 0.1) is 10.1 Å². The minimum Gasteiger partial charge on any atom is -0.355 e. The van der Waals surface area contributed by atoms with Gasteiger partial charge >= 0.3 is 0 Å². The fraction of sp³-hybridized carbons (Fsp3) is 0.385. The monoisotopic (exact) mass is 279 g/mol. The standard InChI is InChI=1S/C13H17N3O4/c1-3-8-14-12(17)9-15(2)13(18)10-4-6-11(7-5-10)16(19)20/h4-7H,3,8-9H2,1-2H3,(H,14,17). The van der Waals surface area contributed by atoms with Crippen molar-refractivity contribution < 1.29 is 14.5 Å². The van der Waals surface area contributed by atoms with E-state index in [1.807, 2.05) is 6.92 Å². The van der Waals surface area contributed by atoms with E-state index in [0.717, 1.165) is 6.42 Å². The van der Waals surface area contributed by atoms with Crippen molar-refractivity contribution in [1.82, 2.24) is 10.2 Å². The van der Waals surface area contributed by atoms with Gasteiger partial charge in [-0.3, -0.25) is 19.7 Å². The number of amides is 2. The summed E-state index contributed by atoms with van der Waals surface area (Å²) in [6.45, 7) is 2.46. The van der Waals surface area contributed by atoms with Crippen LogP contribution in [0.25, 0.3) is 0 Å². The Hall–Kier alpha value is -2.44. The Kier molecular flexibility index (Phi) is 5.64. The van der Waals surface area contributed by atoms with Crippen LogP contribution in [0.1, 0.15) is 23.7 Å². The van der Waals surface area contributed by atoms with Crippen molar-refractivity contribution in [3.63, 3.8) is 0 Å². The average molecular weight is 279 g/mol. The van der Waals surface area contributed by atoms with Crippen LogP contribution < -0.4 is 5.32 Å². The van der Waals surface area contributed by atoms with Crippen molar-refractivity contribution in [2.75, 3.05) is 20.1 Å². The van der Waals surface area contributed by atoms with Crippen LogP contribution >= 0.6 is 0 Å². The zero-order chi connectivity index (χ0) is 15.1. The second-order valence-corrected chi connectivity index (χ2v) is 4.32. The van der Waals surface area contributed by atoms with E-state index in [9.17, 15) is 19.7 Å². The number of hydrogen-bond donors (Lipinski definition) is 1. The second-order valence-electron chi connectivity index (χ2n) is 4.32. The zero-order valence-corrected chi connectivity index (χ0v) is 11.5. The maximum Gasteiger partial charge on any atom is 0.269 e. The predicted molar refractivity (Wildman–Crippen MR) is 73.4 cm³/mol. The van der Waals surface area contributed by atoms with Gasteiger partial charge in [0.25, 0.3) is 11.6 Å². The first-order valence-corrected chi connectivity index (χ1v) is 6.22. The van der Waals surface area contributed by atoms with Crippen molar-refractivity contribution in [1.29, 1.82) is 0 Å². The van der Waals surface area contributed by atoms with E-state index in [0.29, 0.717) is 12.1 Å². The summed E-state index contributed by atoms with van der Waals surface area (Å²) in [7, 11) is 1.51. The molecule has 1 N–H and O–H groups in total. The van der Waals surface area contributed by atoms with Gasteiger partial charge in [-0.25, -0.2) is 0 Å². The van der Waals surface area contributed by atoms with Gasteiger partial charge in [0.2, 0.25) is 5.91 Å². The Labute approximate surface area is 116 Å². The van der Waals surface area contributed by atoms with Gasteiger partial charge in [0.05, 0.1) is 11.5 Å². The zero-order valence-electron chi connectivity index (χ0n) is 11.5. The number of non-ortho nitro benzene ring substituents is 1. The molecule has 0 aliphatic carbocycles. The highest BCUT2D eigenvalue weighted by Gasteiger charge is 2.15. The highest BCUT2D eigenvalue weighted by molar-refractivity contribution is 5.96. The molecule has 0 aliphatic rings. The highest BCUT2D eigenvalue weighted by Crippen LogP contribution is 2.13. The Morgan fingerprint density at radius 2 is 1.90 bits per heavy atom. The van der Waals surface area contributed by atoms with E-state index < -0.39 is 4.92 Å². The number of nitro groups is 1. The third-order valence-corrected chi connectivity index (χ3v) is 2.62. The smallest absolute Gasteiger partial charge is 0.269 e. The molecule has 0 unspecified atom stereocenters. The van der Waals surface area contributed by atoms with Gasteiger partial charge < -0.3 is 10.2 Å². The van der Waals surface area contributed by atoms with E-state index in [1.54, 1.807) is 0 Å². The van der Waals surface area contributed by atoms with Crippen molar-refractivity contribution in [3.05, 3.63) is 39.9 Å². The van der Waals surface area contributed by atoms with Crippen LogP contribution in [-0.4, -0.2) is 41.8 Å². The number of nitro benzene ring substituents is 1. The Morgan fingerprint density at radius 1 is 1.30 bits per heavy atom. The lowest BCUT2D eigenvalue weighted by molar-refractivity contribution is -0.384. The minimum atomic E-state index is -0.532. The first kappa shape index (κ1) is 15.6. The molecule has 0 heterocycles. The molecule has 0 spiro atoms. The summed E-state index contributed by atoms with van der Waals surface area (Å²) in [6, 6.07) is 5.28. The maximum absolute atomic E-state index is 12.0. The van der Waals surface area contributed by atoms with E-state index in [2.05, 4.69) is 5.32 Å². The first-order valence-electron chi connectivity index (χ1n) is 6.22. The van der Waals surface area contributed by atoms with Gasteiger partial charge in [-0.1, -0.05) is 6.92 Å². The third-order valence-electron chi connectivity index (χ3n) is 2.62. The van der Waals surface area contributed by atoms with Gasteiger partial charge in [0.15, 0.2) is 0 Å². The van der Waals surface area contributed by atoms with E-state index in [4.69, 9.17) is 0 Å². The topological polar surface area (TPSA) is 92.6 Å². The molecular formula is C13H17N3O4. The average Bonchev–Trinajstić information content (AvgIpc) is 2.44. The number of nitrogens with zero attached hydrogens (tertiary/aromatic N) is 2. The van der Waals surface area contributed by atoms with Crippen LogP contribution in [0.5, 0.6) is 0 Å². The lowest BCUT2D eigenvalue weighted by Gasteiger charge is -2.16. The summed E-state index contributed by atoms with van der Waals surface area (Å²) in [5.41, 5.74) is 0.228. The largest absolute Gasteiger partial charge is 0.355 e. The normalized spacial score (nSPS) is 9.90. The highest BCUT2D eigenvalue weighted by atomic mass is 16.6. The Morgan fingerprint density at radius 3 is 2.40 bits per heavy atom. The molecule has 0 radical (unpaired) electrons. The van der Waals surface area contributed by atoms with Gasteiger partial charge in [0.1, 0.15) is 0 Å². The van der Waals surface area contributed by atoms with Crippen LogP contribution in [0.2, 0.25) is 0 Å². The van der Waals surface area contributed by atoms with Crippen molar-refractivity contribution in [2.45, 2.75) is 13.3 Å². The number of benzene rings is 1. The minimum absolute atomic E-state index is 0.0458. The van der Waals surface area contributed by atoms with Crippen LogP contribution in [-0.2, 0) is 4.79 Å². The maximum atomic E-state index is 12.0. The molecule has 0 bridgehead atoms. The SMILES string of the molecule is CCCNC(=O)CN(C)C(=O)c1ccc([N+](=O)[O-])cc1. The molecule has 0 saturated heterocycles. The summed E-state index contributed by atoms with van der Waals surface area (Å²) in [5, 5.41) is 13.2. The second kappa shape index (κ2) is 7.22. The molecule has 108 valence electrons. The summed E-state index contributed by atoms with van der Waals surface area (Å²) < 4.78 is 0. The lowest BCUT2D eigenvalue weighted by Crippen LogP contribution is -2.38. The van der Waals surface area contributed by atoms with Crippen LogP contribution in [0.15, 0.2) is 24.3 Å². The number of rotatable bonds is 6. The molecular weight excluding hydrogens is 262 g/mol. The molecule has 1 rings (SSSR count). The van der Waals surface area contributed by atoms with Crippen molar-refractivity contribution in [2.24, 2.45) is 0 Å². The summed E-state index contributed by atoms with van der Waals surface area (Å²) >= 11 is 0. The molecule has 0 saturated carbocycles. The lowest BCUT2D eigenvalue weighted by atomic mass is 10.2. The summed E-state index contributed by atoms with van der Waals surface area (Å²) in [5.74, 6) is -0.587. The van der Waals surface area contributed by atoms with Crippen molar-refractivity contribution >= 4 is 17.5 Å². The van der Waals surface area contributed by atoms with Gasteiger partial charge in [-0.05, 0) is 18.6 Å². The molecule has 0 aliphatic heterocycles. The molecule has 0 fully saturated rings. The fourth-order valence-corrected chi connectivity index (χ4v) is 1.55. The number of carbonyl (C=O) groups is 2. The molecule has 7 nitrogen and oxygen atoms in total. The first-order chi connectivity index (χ1) is 9.45. The molecule has 0 aromatic heterocycles. The summed E-state index contributed by atoms with van der Waals surface area (Å²) in [4.78, 5) is 34.8. The van der Waals surface area contributed by atoms with Crippen LogP contribution in [0.4, 0.5) is 5.69 Å². The molecule has 7 heteroatoms. The number of carbonyl (C=O) groups excluding carboxylic acids is 2. The van der Waals surface area contributed by atoms with Gasteiger partial charge in [-0.15, -0.1) is 0 Å². The Bertz CT molecular complexity index is 499. The molecule has 1 aromatic carbocycles. The van der Waals surface area contributed by atoms with E-state index in [-0.39, 0.29) is 24.0 Å². The van der Waals surface area contributed by atoms with E-state index in [1.165, 1.54) is 36.2 Å². The quantitative estimate of drug-likeness (QED) is 0.625. The Balaban J connectivity index is 2.64. The number of hydrogen-bond acceptors (Lipinski definition) is 4. The molecule has 2 amide bonds. The number of nitrogens with one attached hydrogen (secondary N) is 1. The summed E-state index contributed by atoms with van der Waals surface area (Å²) in [6.07, 6.45) is 0.825. The van der Waals surface area contributed by atoms with Crippen LogP contribution in [0.3, 0.4) is 0 Å². The molecule has 0 atom stereocenters.